The molecule has 0 spiro atoms. The number of hydrogen-bond acceptors (Lipinski definition) is 4. The number of pyridine rings is 1. The van der Waals surface area contributed by atoms with E-state index >= 15 is 0 Å². The fourth-order valence-electron chi connectivity index (χ4n) is 2.29. The summed E-state index contributed by atoms with van der Waals surface area (Å²) in [5, 5.41) is 8.34. The Hall–Kier alpha value is -2.93. The molecule has 1 fully saturated rings. The number of urea groups is 1. The molecule has 1 saturated carbocycles. The first-order valence-corrected chi connectivity index (χ1v) is 8.16. The Labute approximate surface area is 146 Å². The summed E-state index contributed by atoms with van der Waals surface area (Å²) < 4.78 is 0. The van der Waals surface area contributed by atoms with E-state index < -0.39 is 0 Å². The first kappa shape index (κ1) is 16.9. The molecule has 0 bridgehead atoms. The van der Waals surface area contributed by atoms with Gasteiger partial charge in [-0.2, -0.15) is 0 Å². The molecule has 1 aromatic heterocycles. The van der Waals surface area contributed by atoms with Gasteiger partial charge in [-0.1, -0.05) is 18.2 Å². The third-order valence-corrected chi connectivity index (χ3v) is 4.03. The van der Waals surface area contributed by atoms with Crippen molar-refractivity contribution in [2.75, 3.05) is 11.9 Å². The van der Waals surface area contributed by atoms with Crippen LogP contribution in [0.15, 0.2) is 48.7 Å². The summed E-state index contributed by atoms with van der Waals surface area (Å²) >= 11 is 0. The molecule has 1 aliphatic rings. The molecule has 1 heterocycles. The van der Waals surface area contributed by atoms with Crippen molar-refractivity contribution in [1.82, 2.24) is 15.6 Å². The Morgan fingerprint density at radius 1 is 1.12 bits per heavy atom. The van der Waals surface area contributed by atoms with Gasteiger partial charge in [0, 0.05) is 30.5 Å². The minimum absolute atomic E-state index is 0.215. The summed E-state index contributed by atoms with van der Waals surface area (Å²) in [6, 6.07) is 12.2. The van der Waals surface area contributed by atoms with E-state index in [9.17, 15) is 9.59 Å². The van der Waals surface area contributed by atoms with Gasteiger partial charge < -0.3 is 21.7 Å². The number of aromatic nitrogens is 1. The molecule has 1 aromatic carbocycles. The van der Waals surface area contributed by atoms with Gasteiger partial charge in [0.2, 0.25) is 0 Å². The van der Waals surface area contributed by atoms with Gasteiger partial charge in [-0.05, 0) is 42.7 Å². The summed E-state index contributed by atoms with van der Waals surface area (Å²) in [6.45, 7) is 0.843. The van der Waals surface area contributed by atoms with Crippen molar-refractivity contribution in [3.8, 4) is 0 Å². The Balaban J connectivity index is 1.50. The van der Waals surface area contributed by atoms with Gasteiger partial charge >= 0.3 is 6.03 Å². The molecule has 0 aliphatic heterocycles. The molecule has 7 nitrogen and oxygen atoms in total. The average molecular weight is 339 g/mol. The van der Waals surface area contributed by atoms with Crippen molar-refractivity contribution >= 4 is 17.6 Å². The highest BCUT2D eigenvalue weighted by atomic mass is 16.2. The molecule has 7 heteroatoms. The predicted molar refractivity (Wildman–Crippen MR) is 95.0 cm³/mol. The molecule has 3 rings (SSSR count). The van der Waals surface area contributed by atoms with Gasteiger partial charge in [-0.3, -0.25) is 9.78 Å². The van der Waals surface area contributed by atoms with E-state index in [1.807, 2.05) is 18.2 Å². The second kappa shape index (κ2) is 7.31. The van der Waals surface area contributed by atoms with Gasteiger partial charge in [-0.25, -0.2) is 4.79 Å². The SMILES string of the molecule is NC1(CNC(=O)NCc2cccc(NC(=O)c3ccccn3)c2)CC1. The number of carbonyl (C=O) groups is 2. The molecule has 130 valence electrons. The van der Waals surface area contributed by atoms with E-state index in [2.05, 4.69) is 20.9 Å². The van der Waals surface area contributed by atoms with Crippen LogP contribution < -0.4 is 21.7 Å². The number of anilines is 1. The van der Waals surface area contributed by atoms with Crippen molar-refractivity contribution in [2.24, 2.45) is 5.73 Å². The quantitative estimate of drug-likeness (QED) is 0.641. The van der Waals surface area contributed by atoms with E-state index in [0.717, 1.165) is 18.4 Å². The number of rotatable bonds is 6. The molecule has 0 radical (unpaired) electrons. The molecule has 0 unspecified atom stereocenters. The summed E-state index contributed by atoms with van der Waals surface area (Å²) in [5.41, 5.74) is 7.59. The number of benzene rings is 1. The van der Waals surface area contributed by atoms with Gasteiger partial charge in [0.15, 0.2) is 0 Å². The van der Waals surface area contributed by atoms with Crippen LogP contribution in [0.1, 0.15) is 28.9 Å². The van der Waals surface area contributed by atoms with Crippen molar-refractivity contribution in [2.45, 2.75) is 24.9 Å². The number of amides is 3. The van der Waals surface area contributed by atoms with Crippen LogP contribution in [0.4, 0.5) is 10.5 Å². The lowest BCUT2D eigenvalue weighted by molar-refractivity contribution is 0.102. The maximum Gasteiger partial charge on any atom is 0.315 e. The molecule has 1 aliphatic carbocycles. The fraction of sp³-hybridized carbons (Fsp3) is 0.278. The van der Waals surface area contributed by atoms with Crippen molar-refractivity contribution in [1.29, 1.82) is 0 Å². The van der Waals surface area contributed by atoms with Gasteiger partial charge in [-0.15, -0.1) is 0 Å². The number of nitrogens with one attached hydrogen (secondary N) is 3. The molecule has 3 amide bonds. The number of hydrogen-bond donors (Lipinski definition) is 4. The van der Waals surface area contributed by atoms with Crippen LogP contribution in [-0.2, 0) is 6.54 Å². The number of nitrogens with zero attached hydrogens (tertiary/aromatic N) is 1. The monoisotopic (exact) mass is 339 g/mol. The third kappa shape index (κ3) is 5.02. The summed E-state index contributed by atoms with van der Waals surface area (Å²) in [6.07, 6.45) is 3.47. The van der Waals surface area contributed by atoms with Crippen LogP contribution in [0.25, 0.3) is 0 Å². The average Bonchev–Trinajstić information content (AvgIpc) is 3.37. The van der Waals surface area contributed by atoms with Crippen molar-refractivity contribution in [3.05, 3.63) is 59.9 Å². The maximum absolute atomic E-state index is 12.1. The van der Waals surface area contributed by atoms with Crippen LogP contribution in [0, 0.1) is 0 Å². The van der Waals surface area contributed by atoms with Crippen LogP contribution in [0.5, 0.6) is 0 Å². The van der Waals surface area contributed by atoms with Gasteiger partial charge in [0.25, 0.3) is 5.91 Å². The van der Waals surface area contributed by atoms with E-state index in [1.54, 1.807) is 30.5 Å². The largest absolute Gasteiger partial charge is 0.336 e. The Morgan fingerprint density at radius 3 is 2.68 bits per heavy atom. The fourth-order valence-corrected chi connectivity index (χ4v) is 2.29. The standard InChI is InChI=1S/C18H21N5O2/c19-18(7-8-18)12-22-17(25)21-11-13-4-3-5-14(10-13)23-16(24)15-6-1-2-9-20-15/h1-6,9-10H,7-8,11-12,19H2,(H,23,24)(H2,21,22,25). The highest BCUT2D eigenvalue weighted by Gasteiger charge is 2.38. The molecule has 5 N–H and O–H groups in total. The molecular formula is C18H21N5O2. The lowest BCUT2D eigenvalue weighted by atomic mass is 10.2. The molecular weight excluding hydrogens is 318 g/mol. The van der Waals surface area contributed by atoms with Gasteiger partial charge in [0.05, 0.1) is 0 Å². The highest BCUT2D eigenvalue weighted by molar-refractivity contribution is 6.02. The second-order valence-electron chi connectivity index (χ2n) is 6.27. The summed E-state index contributed by atoms with van der Waals surface area (Å²) in [4.78, 5) is 27.9. The smallest absolute Gasteiger partial charge is 0.315 e. The molecule has 2 aromatic rings. The highest BCUT2D eigenvalue weighted by Crippen LogP contribution is 2.30. The Morgan fingerprint density at radius 2 is 1.96 bits per heavy atom. The summed E-state index contributed by atoms with van der Waals surface area (Å²) in [5.74, 6) is -0.277. The molecule has 0 saturated heterocycles. The van der Waals surface area contributed by atoms with Gasteiger partial charge in [0.1, 0.15) is 5.69 Å². The van der Waals surface area contributed by atoms with Crippen LogP contribution in [-0.4, -0.2) is 29.0 Å². The molecule has 0 atom stereocenters. The Bertz CT molecular complexity index is 759. The van der Waals surface area contributed by atoms with Crippen molar-refractivity contribution in [3.63, 3.8) is 0 Å². The minimum atomic E-state index is -0.277. The predicted octanol–water partition coefficient (Wildman–Crippen LogP) is 1.62. The zero-order valence-electron chi connectivity index (χ0n) is 13.8. The third-order valence-electron chi connectivity index (χ3n) is 4.03. The minimum Gasteiger partial charge on any atom is -0.336 e. The lowest BCUT2D eigenvalue weighted by Crippen LogP contribution is -2.43. The van der Waals surface area contributed by atoms with Crippen molar-refractivity contribution < 1.29 is 9.59 Å². The second-order valence-corrected chi connectivity index (χ2v) is 6.27. The normalized spacial score (nSPS) is 14.4. The van der Waals surface area contributed by atoms with E-state index in [4.69, 9.17) is 5.73 Å². The first-order chi connectivity index (χ1) is 12.0. The molecule has 25 heavy (non-hydrogen) atoms. The zero-order chi connectivity index (χ0) is 17.7. The van der Waals surface area contributed by atoms with Crippen LogP contribution >= 0.6 is 0 Å². The zero-order valence-corrected chi connectivity index (χ0v) is 13.8. The number of carbonyl (C=O) groups excluding carboxylic acids is 2. The van der Waals surface area contributed by atoms with E-state index in [1.165, 1.54) is 0 Å². The Kier molecular flexibility index (Phi) is 4.95. The van der Waals surface area contributed by atoms with Crippen LogP contribution in [0.3, 0.4) is 0 Å². The van der Waals surface area contributed by atoms with E-state index in [-0.39, 0.29) is 17.5 Å². The van der Waals surface area contributed by atoms with E-state index in [0.29, 0.717) is 24.5 Å². The van der Waals surface area contributed by atoms with Crippen LogP contribution in [0.2, 0.25) is 0 Å². The maximum atomic E-state index is 12.1. The summed E-state index contributed by atoms with van der Waals surface area (Å²) in [7, 11) is 0. The first-order valence-electron chi connectivity index (χ1n) is 8.16. The lowest BCUT2D eigenvalue weighted by Gasteiger charge is -2.12. The topological polar surface area (TPSA) is 109 Å². The number of nitrogens with two attached hydrogens (primary N) is 1.